The Hall–Kier alpha value is -3.32. The third kappa shape index (κ3) is 8.10. The maximum atomic E-state index is 4.91. The molecule has 1 aliphatic rings. The van der Waals surface area contributed by atoms with Gasteiger partial charge in [0, 0.05) is 29.4 Å². The first kappa shape index (κ1) is 29.7. The van der Waals surface area contributed by atoms with Crippen LogP contribution in [0, 0.1) is 0 Å². The molecule has 40 heavy (non-hydrogen) atoms. The summed E-state index contributed by atoms with van der Waals surface area (Å²) in [7, 11) is 2.21. The van der Waals surface area contributed by atoms with Gasteiger partial charge in [0.05, 0.1) is 18.1 Å². The van der Waals surface area contributed by atoms with E-state index >= 15 is 0 Å². The molecule has 7 nitrogen and oxygen atoms in total. The molecule has 214 valence electrons. The highest BCUT2D eigenvalue weighted by molar-refractivity contribution is 5.94. The van der Waals surface area contributed by atoms with E-state index in [1.165, 1.54) is 93.9 Å². The van der Waals surface area contributed by atoms with Gasteiger partial charge < -0.3 is 14.8 Å². The van der Waals surface area contributed by atoms with Crippen molar-refractivity contribution in [2.24, 2.45) is 0 Å². The Bertz CT molecular complexity index is 1280. The number of fused-ring (bicyclic) bond motifs is 1. The number of rotatable bonds is 11. The molecule has 4 aromatic rings. The van der Waals surface area contributed by atoms with Crippen molar-refractivity contribution in [2.45, 2.75) is 91.0 Å². The number of anilines is 2. The van der Waals surface area contributed by atoms with Gasteiger partial charge in [-0.15, -0.1) is 0 Å². The SMILES string of the molecule is CCCCCN(C)CCC.CCc1ccc(-c2cn(C3CCCCC3)c3nc(Nc4cncnc4)ncc23)cc1. The quantitative estimate of drug-likeness (QED) is 0.193. The second kappa shape index (κ2) is 15.5. The van der Waals surface area contributed by atoms with Crippen LogP contribution in [-0.2, 0) is 6.42 Å². The van der Waals surface area contributed by atoms with Gasteiger partial charge in [-0.1, -0.05) is 77.1 Å². The van der Waals surface area contributed by atoms with Crippen LogP contribution in [0.1, 0.15) is 90.2 Å². The lowest BCUT2D eigenvalue weighted by atomic mass is 9.95. The van der Waals surface area contributed by atoms with E-state index in [0.29, 0.717) is 12.0 Å². The van der Waals surface area contributed by atoms with Gasteiger partial charge in [0.25, 0.3) is 0 Å². The molecule has 0 spiro atoms. The number of aryl methyl sites for hydroxylation is 1. The van der Waals surface area contributed by atoms with E-state index in [1.54, 1.807) is 12.4 Å². The minimum absolute atomic E-state index is 0.493. The van der Waals surface area contributed by atoms with Crippen LogP contribution in [0.5, 0.6) is 0 Å². The van der Waals surface area contributed by atoms with Gasteiger partial charge in [0.1, 0.15) is 12.0 Å². The zero-order valence-electron chi connectivity index (χ0n) is 24.9. The molecule has 0 radical (unpaired) electrons. The first-order chi connectivity index (χ1) is 19.6. The first-order valence-corrected chi connectivity index (χ1v) is 15.3. The molecule has 3 heterocycles. The highest BCUT2D eigenvalue weighted by Crippen LogP contribution is 2.36. The summed E-state index contributed by atoms with van der Waals surface area (Å²) in [6.45, 7) is 9.20. The van der Waals surface area contributed by atoms with Gasteiger partial charge in [-0.25, -0.2) is 15.0 Å². The summed E-state index contributed by atoms with van der Waals surface area (Å²) in [4.78, 5) is 20.0. The third-order valence-corrected chi connectivity index (χ3v) is 7.78. The molecule has 1 N–H and O–H groups in total. The summed E-state index contributed by atoms with van der Waals surface area (Å²) >= 11 is 0. The molecular formula is C33H47N7. The fourth-order valence-corrected chi connectivity index (χ4v) is 5.50. The predicted octanol–water partition coefficient (Wildman–Crippen LogP) is 8.22. The Labute approximate surface area is 240 Å². The monoisotopic (exact) mass is 541 g/mol. The van der Waals surface area contributed by atoms with Gasteiger partial charge in [-0.05, 0) is 63.4 Å². The number of unbranched alkanes of at least 4 members (excludes halogenated alkanes) is 2. The number of hydrogen-bond donors (Lipinski definition) is 1. The maximum Gasteiger partial charge on any atom is 0.229 e. The van der Waals surface area contributed by atoms with Gasteiger partial charge in [-0.3, -0.25) is 0 Å². The zero-order chi connectivity index (χ0) is 28.2. The lowest BCUT2D eigenvalue weighted by Crippen LogP contribution is -2.20. The van der Waals surface area contributed by atoms with E-state index in [0.717, 1.165) is 23.1 Å². The first-order valence-electron chi connectivity index (χ1n) is 15.3. The van der Waals surface area contributed by atoms with Gasteiger partial charge >= 0.3 is 0 Å². The summed E-state index contributed by atoms with van der Waals surface area (Å²) in [6.07, 6.45) is 21.9. The smallest absolute Gasteiger partial charge is 0.229 e. The summed E-state index contributed by atoms with van der Waals surface area (Å²) in [5, 5.41) is 4.33. The van der Waals surface area contributed by atoms with E-state index in [9.17, 15) is 0 Å². The fraction of sp³-hybridized carbons (Fsp3) is 0.515. The van der Waals surface area contributed by atoms with Crippen LogP contribution >= 0.6 is 0 Å². The van der Waals surface area contributed by atoms with Crippen LogP contribution in [-0.4, -0.2) is 49.5 Å². The van der Waals surface area contributed by atoms with Crippen LogP contribution < -0.4 is 5.32 Å². The van der Waals surface area contributed by atoms with Crippen LogP contribution in [0.4, 0.5) is 11.6 Å². The second-order valence-corrected chi connectivity index (χ2v) is 11.0. The number of aromatic nitrogens is 5. The Morgan fingerprint density at radius 2 is 1.65 bits per heavy atom. The van der Waals surface area contributed by atoms with Crippen LogP contribution in [0.25, 0.3) is 22.2 Å². The molecule has 0 unspecified atom stereocenters. The number of nitrogens with zero attached hydrogens (tertiary/aromatic N) is 6. The van der Waals surface area contributed by atoms with E-state index < -0.39 is 0 Å². The average Bonchev–Trinajstić information content (AvgIpc) is 3.38. The second-order valence-electron chi connectivity index (χ2n) is 11.0. The van der Waals surface area contributed by atoms with Crippen molar-refractivity contribution in [3.63, 3.8) is 0 Å². The van der Waals surface area contributed by atoms with Crippen molar-refractivity contribution >= 4 is 22.7 Å². The lowest BCUT2D eigenvalue weighted by Gasteiger charge is -2.23. The van der Waals surface area contributed by atoms with E-state index in [1.807, 2.05) is 6.20 Å². The normalized spacial score (nSPS) is 13.8. The summed E-state index contributed by atoms with van der Waals surface area (Å²) < 4.78 is 2.38. The van der Waals surface area contributed by atoms with Crippen molar-refractivity contribution in [2.75, 3.05) is 25.5 Å². The molecule has 5 rings (SSSR count). The molecule has 1 fully saturated rings. The average molecular weight is 542 g/mol. The van der Waals surface area contributed by atoms with Crippen molar-refractivity contribution in [3.8, 4) is 11.1 Å². The van der Waals surface area contributed by atoms with E-state index in [-0.39, 0.29) is 0 Å². The van der Waals surface area contributed by atoms with Crippen molar-refractivity contribution in [1.29, 1.82) is 0 Å². The zero-order valence-corrected chi connectivity index (χ0v) is 24.9. The molecular weight excluding hydrogens is 494 g/mol. The molecule has 7 heteroatoms. The molecule has 3 aromatic heterocycles. The summed E-state index contributed by atoms with van der Waals surface area (Å²) in [5.74, 6) is 0.570. The third-order valence-electron chi connectivity index (χ3n) is 7.78. The summed E-state index contributed by atoms with van der Waals surface area (Å²) in [6, 6.07) is 9.35. The molecule has 1 aliphatic carbocycles. The number of hydrogen-bond acceptors (Lipinski definition) is 6. The highest BCUT2D eigenvalue weighted by Gasteiger charge is 2.21. The van der Waals surface area contributed by atoms with Gasteiger partial charge in [-0.2, -0.15) is 4.98 Å². The largest absolute Gasteiger partial charge is 0.329 e. The standard InChI is InChI=1S/C24H26N6.C9H21N/c1-2-17-8-10-18(11-9-17)22-15-30(20-6-4-3-5-7-20)23-21(22)14-27-24(29-23)28-19-12-25-16-26-13-19;1-4-6-7-9-10(3)8-5-2/h8-16,20H,2-7H2,1H3,(H,27,28,29);4-9H2,1-3H3. The maximum absolute atomic E-state index is 4.91. The van der Waals surface area contributed by atoms with Crippen LogP contribution in [0.2, 0.25) is 0 Å². The molecule has 0 saturated heterocycles. The Morgan fingerprint density at radius 1 is 0.900 bits per heavy atom. The number of benzene rings is 1. The summed E-state index contributed by atoms with van der Waals surface area (Å²) in [5.41, 5.74) is 5.54. The van der Waals surface area contributed by atoms with Gasteiger partial charge in [0.15, 0.2) is 0 Å². The Morgan fingerprint density at radius 3 is 2.33 bits per heavy atom. The lowest BCUT2D eigenvalue weighted by molar-refractivity contribution is 0.326. The fourth-order valence-electron chi connectivity index (χ4n) is 5.50. The van der Waals surface area contributed by atoms with Crippen LogP contribution in [0.3, 0.4) is 0 Å². The van der Waals surface area contributed by atoms with E-state index in [4.69, 9.17) is 4.98 Å². The Balaban J connectivity index is 0.000000318. The van der Waals surface area contributed by atoms with Crippen molar-refractivity contribution in [1.82, 2.24) is 29.4 Å². The van der Waals surface area contributed by atoms with E-state index in [2.05, 4.69) is 88.0 Å². The Kier molecular flexibility index (Phi) is 11.5. The molecule has 1 aromatic carbocycles. The molecule has 0 bridgehead atoms. The van der Waals surface area contributed by atoms with Crippen molar-refractivity contribution < 1.29 is 0 Å². The molecule has 0 aliphatic heterocycles. The molecule has 0 amide bonds. The topological polar surface area (TPSA) is 71.8 Å². The molecule has 1 saturated carbocycles. The minimum Gasteiger partial charge on any atom is -0.329 e. The van der Waals surface area contributed by atoms with Gasteiger partial charge in [0.2, 0.25) is 5.95 Å². The van der Waals surface area contributed by atoms with Crippen LogP contribution in [0.15, 0.2) is 55.4 Å². The predicted molar refractivity (Wildman–Crippen MR) is 167 cm³/mol. The molecule has 0 atom stereocenters. The number of nitrogens with one attached hydrogen (secondary N) is 1. The van der Waals surface area contributed by atoms with Crippen molar-refractivity contribution in [3.05, 3.63) is 60.9 Å². The minimum atomic E-state index is 0.493. The highest BCUT2D eigenvalue weighted by atomic mass is 15.2.